The maximum Gasteiger partial charge on any atom is 0.254 e. The van der Waals surface area contributed by atoms with Crippen LogP contribution in [0.3, 0.4) is 0 Å². The SMILES string of the molecule is CC(C#N)N(C)C(=O)c1cc(Br)cc(Br)c1. The third-order valence-electron chi connectivity index (χ3n) is 2.20. The van der Waals surface area contributed by atoms with Crippen molar-refractivity contribution in [3.63, 3.8) is 0 Å². The Morgan fingerprint density at radius 2 is 1.88 bits per heavy atom. The van der Waals surface area contributed by atoms with Crippen LogP contribution in [0.15, 0.2) is 27.1 Å². The number of hydrogen-bond donors (Lipinski definition) is 0. The van der Waals surface area contributed by atoms with Gasteiger partial charge in [-0.05, 0) is 25.1 Å². The van der Waals surface area contributed by atoms with E-state index in [0.29, 0.717) is 5.56 Å². The van der Waals surface area contributed by atoms with Gasteiger partial charge in [0, 0.05) is 21.6 Å². The van der Waals surface area contributed by atoms with Gasteiger partial charge in [0.2, 0.25) is 0 Å². The van der Waals surface area contributed by atoms with E-state index in [0.717, 1.165) is 8.95 Å². The zero-order chi connectivity index (χ0) is 12.3. The first kappa shape index (κ1) is 13.2. The molecule has 0 spiro atoms. The second-order valence-electron chi connectivity index (χ2n) is 3.38. The van der Waals surface area contributed by atoms with Crippen molar-refractivity contribution in [2.45, 2.75) is 13.0 Å². The van der Waals surface area contributed by atoms with Crippen LogP contribution in [0.5, 0.6) is 0 Å². The van der Waals surface area contributed by atoms with Gasteiger partial charge in [0.15, 0.2) is 0 Å². The molecule has 0 radical (unpaired) electrons. The van der Waals surface area contributed by atoms with Crippen molar-refractivity contribution in [3.05, 3.63) is 32.7 Å². The molecule has 1 aromatic carbocycles. The van der Waals surface area contributed by atoms with E-state index in [-0.39, 0.29) is 5.91 Å². The third-order valence-corrected chi connectivity index (χ3v) is 3.11. The van der Waals surface area contributed by atoms with E-state index in [2.05, 4.69) is 31.9 Å². The van der Waals surface area contributed by atoms with E-state index in [1.54, 1.807) is 26.1 Å². The maximum atomic E-state index is 12.0. The van der Waals surface area contributed by atoms with Gasteiger partial charge in [-0.25, -0.2) is 0 Å². The van der Waals surface area contributed by atoms with Crippen molar-refractivity contribution in [2.75, 3.05) is 7.05 Å². The van der Waals surface area contributed by atoms with Gasteiger partial charge in [-0.3, -0.25) is 4.79 Å². The lowest BCUT2D eigenvalue weighted by Gasteiger charge is -2.19. The summed E-state index contributed by atoms with van der Waals surface area (Å²) in [6, 6.07) is 6.90. The van der Waals surface area contributed by atoms with Gasteiger partial charge in [-0.2, -0.15) is 5.26 Å². The molecule has 1 aromatic rings. The molecule has 16 heavy (non-hydrogen) atoms. The summed E-state index contributed by atoms with van der Waals surface area (Å²) in [4.78, 5) is 13.4. The Morgan fingerprint density at radius 1 is 1.38 bits per heavy atom. The highest BCUT2D eigenvalue weighted by Gasteiger charge is 2.17. The Kier molecular flexibility index (Phi) is 4.51. The van der Waals surface area contributed by atoms with Crippen molar-refractivity contribution in [1.29, 1.82) is 5.26 Å². The Hall–Kier alpha value is -0.860. The Labute approximate surface area is 111 Å². The highest BCUT2D eigenvalue weighted by molar-refractivity contribution is 9.11. The first-order valence-corrected chi connectivity index (χ1v) is 6.17. The molecule has 3 nitrogen and oxygen atoms in total. The summed E-state index contributed by atoms with van der Waals surface area (Å²) >= 11 is 6.64. The Morgan fingerprint density at radius 3 is 2.31 bits per heavy atom. The van der Waals surface area contributed by atoms with Crippen LogP contribution in [-0.4, -0.2) is 23.9 Å². The standard InChI is InChI=1S/C11H10Br2N2O/c1-7(6-14)15(2)11(16)8-3-9(12)5-10(13)4-8/h3-5,7H,1-2H3. The van der Waals surface area contributed by atoms with E-state index in [4.69, 9.17) is 5.26 Å². The predicted octanol–water partition coefficient (Wildman–Crippen LogP) is 3.20. The minimum atomic E-state index is -0.440. The molecule has 1 atom stereocenters. The van der Waals surface area contributed by atoms with Crippen LogP contribution < -0.4 is 0 Å². The average molecular weight is 346 g/mol. The van der Waals surface area contributed by atoms with Crippen molar-refractivity contribution in [3.8, 4) is 6.07 Å². The van der Waals surface area contributed by atoms with Crippen molar-refractivity contribution in [2.24, 2.45) is 0 Å². The molecule has 1 unspecified atom stereocenters. The van der Waals surface area contributed by atoms with Crippen LogP contribution in [0.2, 0.25) is 0 Å². The Bertz CT molecular complexity index is 434. The van der Waals surface area contributed by atoms with Crippen molar-refractivity contribution >= 4 is 37.8 Å². The van der Waals surface area contributed by atoms with Gasteiger partial charge in [-0.1, -0.05) is 31.9 Å². The number of amides is 1. The number of benzene rings is 1. The van der Waals surface area contributed by atoms with Gasteiger partial charge in [0.1, 0.15) is 6.04 Å². The summed E-state index contributed by atoms with van der Waals surface area (Å²) in [5.74, 6) is -0.170. The molecule has 0 aromatic heterocycles. The lowest BCUT2D eigenvalue weighted by Crippen LogP contribution is -2.34. The van der Waals surface area contributed by atoms with Crippen LogP contribution in [0.25, 0.3) is 0 Å². The second-order valence-corrected chi connectivity index (χ2v) is 5.21. The smallest absolute Gasteiger partial charge is 0.254 e. The van der Waals surface area contributed by atoms with Gasteiger partial charge >= 0.3 is 0 Å². The fraction of sp³-hybridized carbons (Fsp3) is 0.273. The molecule has 0 bridgehead atoms. The number of halogens is 2. The molecule has 0 aliphatic carbocycles. The van der Waals surface area contributed by atoms with Crippen LogP contribution in [0.4, 0.5) is 0 Å². The largest absolute Gasteiger partial charge is 0.326 e. The topological polar surface area (TPSA) is 44.1 Å². The number of carbonyl (C=O) groups is 1. The summed E-state index contributed by atoms with van der Waals surface area (Å²) in [6.45, 7) is 1.69. The molecular formula is C11H10Br2N2O. The molecule has 1 amide bonds. The molecule has 0 N–H and O–H groups in total. The van der Waals surface area contributed by atoms with Gasteiger partial charge in [0.05, 0.1) is 6.07 Å². The molecule has 84 valence electrons. The molecule has 5 heteroatoms. The zero-order valence-corrected chi connectivity index (χ0v) is 12.0. The van der Waals surface area contributed by atoms with E-state index in [1.165, 1.54) is 4.90 Å². The quantitative estimate of drug-likeness (QED) is 0.826. The zero-order valence-electron chi connectivity index (χ0n) is 8.87. The lowest BCUT2D eigenvalue weighted by atomic mass is 10.2. The summed E-state index contributed by atoms with van der Waals surface area (Å²) in [7, 11) is 1.62. The second kappa shape index (κ2) is 5.46. The number of nitrogens with zero attached hydrogens (tertiary/aromatic N) is 2. The van der Waals surface area contributed by atoms with Gasteiger partial charge in [0.25, 0.3) is 5.91 Å². The van der Waals surface area contributed by atoms with Crippen LogP contribution >= 0.6 is 31.9 Å². The van der Waals surface area contributed by atoms with E-state index >= 15 is 0 Å². The molecule has 0 fully saturated rings. The fourth-order valence-electron chi connectivity index (χ4n) is 1.14. The molecule has 0 aliphatic heterocycles. The molecule has 1 rings (SSSR count). The normalized spacial score (nSPS) is 11.7. The fourth-order valence-corrected chi connectivity index (χ4v) is 2.44. The van der Waals surface area contributed by atoms with Crippen LogP contribution in [0, 0.1) is 11.3 Å². The van der Waals surface area contributed by atoms with Gasteiger partial charge < -0.3 is 4.90 Å². The molecule has 0 saturated heterocycles. The highest BCUT2D eigenvalue weighted by atomic mass is 79.9. The Balaban J connectivity index is 3.01. The first-order chi connectivity index (χ1) is 7.45. The molecule has 0 heterocycles. The third kappa shape index (κ3) is 3.06. The summed E-state index contributed by atoms with van der Waals surface area (Å²) in [5.41, 5.74) is 0.547. The lowest BCUT2D eigenvalue weighted by molar-refractivity contribution is 0.0773. The molecule has 0 aliphatic rings. The predicted molar refractivity (Wildman–Crippen MR) is 69.0 cm³/mol. The van der Waals surface area contributed by atoms with Gasteiger partial charge in [-0.15, -0.1) is 0 Å². The van der Waals surface area contributed by atoms with Crippen molar-refractivity contribution < 1.29 is 4.79 Å². The van der Waals surface area contributed by atoms with Crippen LogP contribution in [-0.2, 0) is 0 Å². The highest BCUT2D eigenvalue weighted by Crippen LogP contribution is 2.21. The monoisotopic (exact) mass is 344 g/mol. The molecule has 0 saturated carbocycles. The van der Waals surface area contributed by atoms with Crippen molar-refractivity contribution in [1.82, 2.24) is 4.90 Å². The summed E-state index contributed by atoms with van der Waals surface area (Å²) < 4.78 is 1.64. The van der Waals surface area contributed by atoms with E-state index < -0.39 is 6.04 Å². The average Bonchev–Trinajstić information content (AvgIpc) is 2.24. The first-order valence-electron chi connectivity index (χ1n) is 4.58. The van der Waals surface area contributed by atoms with E-state index in [1.807, 2.05) is 12.1 Å². The minimum absolute atomic E-state index is 0.170. The number of nitriles is 1. The summed E-state index contributed by atoms with van der Waals surface area (Å²) in [6.07, 6.45) is 0. The number of hydrogen-bond acceptors (Lipinski definition) is 2. The number of carbonyl (C=O) groups excluding carboxylic acids is 1. The number of rotatable bonds is 2. The molecular weight excluding hydrogens is 336 g/mol. The van der Waals surface area contributed by atoms with E-state index in [9.17, 15) is 4.79 Å². The maximum absolute atomic E-state index is 12.0. The summed E-state index contributed by atoms with van der Waals surface area (Å²) in [5, 5.41) is 8.75. The minimum Gasteiger partial charge on any atom is -0.326 e. The van der Waals surface area contributed by atoms with Crippen LogP contribution in [0.1, 0.15) is 17.3 Å².